The largest absolute Gasteiger partial charge is 0.394 e. The van der Waals surface area contributed by atoms with Crippen molar-refractivity contribution in [3.05, 3.63) is 72.9 Å². The van der Waals surface area contributed by atoms with Crippen molar-refractivity contribution in [3.63, 3.8) is 0 Å². The number of allylic oxidation sites excluding steroid dienone is 11. The van der Waals surface area contributed by atoms with Crippen LogP contribution in [0, 0.1) is 0 Å². The highest BCUT2D eigenvalue weighted by molar-refractivity contribution is 5.76. The number of rotatable bonds is 37. The van der Waals surface area contributed by atoms with Crippen LogP contribution >= 0.6 is 0 Å². The first kappa shape index (κ1) is 53.6. The Morgan fingerprint density at radius 3 is 1.60 bits per heavy atom. The van der Waals surface area contributed by atoms with Gasteiger partial charge in [0.15, 0.2) is 6.29 Å². The number of carbonyl (C=O) groups is 1. The molecule has 0 saturated carbocycles. The number of aliphatic hydroxyl groups is 5. The maximum Gasteiger partial charge on any atom is 0.220 e. The molecule has 1 fully saturated rings. The molecule has 1 saturated heterocycles. The fourth-order valence-electron chi connectivity index (χ4n) is 6.72. The zero-order chi connectivity index (χ0) is 42.3. The van der Waals surface area contributed by atoms with E-state index in [-0.39, 0.29) is 12.5 Å². The van der Waals surface area contributed by atoms with Gasteiger partial charge in [-0.15, -0.1) is 0 Å². The number of unbranched alkanes of at least 4 members (excludes halogenated alkanes) is 17. The van der Waals surface area contributed by atoms with E-state index in [1.807, 2.05) is 6.08 Å². The van der Waals surface area contributed by atoms with Gasteiger partial charge in [-0.25, -0.2) is 0 Å². The third-order valence-electron chi connectivity index (χ3n) is 10.5. The van der Waals surface area contributed by atoms with Crippen LogP contribution in [-0.2, 0) is 14.3 Å². The molecule has 9 nitrogen and oxygen atoms in total. The van der Waals surface area contributed by atoms with E-state index >= 15 is 0 Å². The summed E-state index contributed by atoms with van der Waals surface area (Å²) < 4.78 is 11.2. The van der Waals surface area contributed by atoms with E-state index in [9.17, 15) is 30.3 Å². The molecule has 1 aliphatic rings. The first-order valence-corrected chi connectivity index (χ1v) is 23.2. The lowest BCUT2D eigenvalue weighted by molar-refractivity contribution is -0.302. The number of nitrogens with one attached hydrogen (secondary N) is 1. The number of carbonyl (C=O) groups excluding carboxylic acids is 1. The van der Waals surface area contributed by atoms with Gasteiger partial charge in [0.1, 0.15) is 24.4 Å². The molecule has 0 radical (unpaired) electrons. The van der Waals surface area contributed by atoms with Crippen molar-refractivity contribution < 1.29 is 39.8 Å². The second-order valence-electron chi connectivity index (χ2n) is 15.8. The lowest BCUT2D eigenvalue weighted by atomic mass is 9.99. The van der Waals surface area contributed by atoms with Crippen LogP contribution in [0.3, 0.4) is 0 Å². The van der Waals surface area contributed by atoms with E-state index in [1.54, 1.807) is 6.08 Å². The van der Waals surface area contributed by atoms with Crippen molar-refractivity contribution in [2.75, 3.05) is 13.2 Å². The number of ether oxygens (including phenoxy) is 2. The Labute approximate surface area is 353 Å². The van der Waals surface area contributed by atoms with Crippen LogP contribution in [0.15, 0.2) is 72.9 Å². The Hall–Kier alpha value is -2.37. The molecular formula is C49H85NO8. The van der Waals surface area contributed by atoms with E-state index in [4.69, 9.17) is 9.47 Å². The molecule has 6 N–H and O–H groups in total. The van der Waals surface area contributed by atoms with Gasteiger partial charge in [-0.05, 0) is 83.5 Å². The van der Waals surface area contributed by atoms with Crippen LogP contribution in [0.1, 0.15) is 174 Å². The Balaban J connectivity index is 2.41. The molecule has 0 spiro atoms. The van der Waals surface area contributed by atoms with Crippen molar-refractivity contribution in [2.45, 2.75) is 217 Å². The highest BCUT2D eigenvalue weighted by Crippen LogP contribution is 2.22. The molecule has 0 aliphatic carbocycles. The normalized spacial score (nSPS) is 21.5. The van der Waals surface area contributed by atoms with Crippen molar-refractivity contribution in [1.82, 2.24) is 5.32 Å². The van der Waals surface area contributed by atoms with Gasteiger partial charge >= 0.3 is 0 Å². The molecule has 0 aromatic carbocycles. The minimum absolute atomic E-state index is 0.207. The van der Waals surface area contributed by atoms with Gasteiger partial charge < -0.3 is 40.3 Å². The monoisotopic (exact) mass is 816 g/mol. The molecule has 0 aromatic heterocycles. The first-order chi connectivity index (χ1) is 28.3. The number of aliphatic hydroxyl groups excluding tert-OH is 5. The molecule has 1 amide bonds. The Bertz CT molecular complexity index is 1130. The summed E-state index contributed by atoms with van der Waals surface area (Å²) in [6, 6.07) is -0.838. The SMILES string of the molecule is CCCCC/C=C\C/C=C\C/C=C\CCCCCCCCC(=O)NC(COC1OC(CO)C(O)C(O)C1O)C(O)/C=C/CC/C=C/CC/C=C/CCCCCCCC. The summed E-state index contributed by atoms with van der Waals surface area (Å²) in [5.41, 5.74) is 0. The zero-order valence-corrected chi connectivity index (χ0v) is 36.5. The van der Waals surface area contributed by atoms with Crippen LogP contribution in [0.2, 0.25) is 0 Å². The Morgan fingerprint density at radius 2 is 1.03 bits per heavy atom. The molecule has 0 aromatic rings. The smallest absolute Gasteiger partial charge is 0.220 e. The summed E-state index contributed by atoms with van der Waals surface area (Å²) in [5.74, 6) is -0.207. The molecule has 58 heavy (non-hydrogen) atoms. The van der Waals surface area contributed by atoms with Crippen molar-refractivity contribution in [2.24, 2.45) is 0 Å². The van der Waals surface area contributed by atoms with E-state index < -0.39 is 49.5 Å². The summed E-state index contributed by atoms with van der Waals surface area (Å²) in [5, 5.41) is 54.2. The fourth-order valence-corrected chi connectivity index (χ4v) is 6.72. The molecule has 7 unspecified atom stereocenters. The quantitative estimate of drug-likeness (QED) is 0.0268. The molecule has 7 atom stereocenters. The average Bonchev–Trinajstić information content (AvgIpc) is 3.22. The lowest BCUT2D eigenvalue weighted by Gasteiger charge is -2.40. The van der Waals surface area contributed by atoms with Crippen molar-refractivity contribution in [3.8, 4) is 0 Å². The van der Waals surface area contributed by atoms with Gasteiger partial charge in [0.25, 0.3) is 0 Å². The maximum absolute atomic E-state index is 13.0. The molecule has 0 bridgehead atoms. The van der Waals surface area contributed by atoms with E-state index in [0.717, 1.165) is 89.9 Å². The molecule has 1 aliphatic heterocycles. The van der Waals surface area contributed by atoms with Gasteiger partial charge in [0.05, 0.1) is 25.4 Å². The third kappa shape index (κ3) is 29.0. The van der Waals surface area contributed by atoms with Crippen LogP contribution in [0.5, 0.6) is 0 Å². The van der Waals surface area contributed by atoms with Crippen LogP contribution in [0.4, 0.5) is 0 Å². The van der Waals surface area contributed by atoms with Gasteiger partial charge in [-0.1, -0.05) is 157 Å². The number of hydrogen-bond acceptors (Lipinski definition) is 8. The van der Waals surface area contributed by atoms with Crippen LogP contribution in [-0.4, -0.2) is 87.5 Å². The van der Waals surface area contributed by atoms with Gasteiger partial charge in [-0.2, -0.15) is 0 Å². The van der Waals surface area contributed by atoms with E-state index in [2.05, 4.69) is 79.9 Å². The fraction of sp³-hybridized carbons (Fsp3) is 0.735. The highest BCUT2D eigenvalue weighted by Gasteiger charge is 2.44. The summed E-state index contributed by atoms with van der Waals surface area (Å²) >= 11 is 0. The zero-order valence-electron chi connectivity index (χ0n) is 36.5. The average molecular weight is 816 g/mol. The Morgan fingerprint density at radius 1 is 0.586 bits per heavy atom. The standard InChI is InChI=1S/C49H85NO8/c1-3-5-7-9-11-13-15-17-19-21-22-23-25-27-29-31-33-35-37-39-45(53)50-42(41-57-49-48(56)47(55)46(54)44(40-51)58-49)43(52)38-36-34-32-30-28-26-24-20-18-16-14-12-10-8-6-4-2/h11,13,17-20,22-23,28,30,36,38,42-44,46-49,51-52,54-56H,3-10,12,14-16,21,24-27,29,31-35,37,39-41H2,1-2H3,(H,50,53)/b13-11-,19-17-,20-18+,23-22-,30-28+,38-36+. The number of amides is 1. The van der Waals surface area contributed by atoms with Gasteiger partial charge in [0, 0.05) is 6.42 Å². The molecule has 1 heterocycles. The van der Waals surface area contributed by atoms with Gasteiger partial charge in [-0.3, -0.25) is 4.79 Å². The van der Waals surface area contributed by atoms with Crippen LogP contribution in [0.25, 0.3) is 0 Å². The third-order valence-corrected chi connectivity index (χ3v) is 10.5. The first-order valence-electron chi connectivity index (χ1n) is 23.2. The van der Waals surface area contributed by atoms with E-state index in [0.29, 0.717) is 6.42 Å². The second kappa shape index (κ2) is 38.8. The molecule has 334 valence electrons. The molecule has 9 heteroatoms. The second-order valence-corrected chi connectivity index (χ2v) is 15.8. The van der Waals surface area contributed by atoms with E-state index in [1.165, 1.54) is 64.2 Å². The minimum atomic E-state index is -1.58. The van der Waals surface area contributed by atoms with Crippen molar-refractivity contribution >= 4 is 5.91 Å². The topological polar surface area (TPSA) is 149 Å². The summed E-state index contributed by atoms with van der Waals surface area (Å²) in [4.78, 5) is 13.0. The summed E-state index contributed by atoms with van der Waals surface area (Å²) in [7, 11) is 0. The summed E-state index contributed by atoms with van der Waals surface area (Å²) in [6.45, 7) is 3.69. The Kier molecular flexibility index (Phi) is 35.9. The predicted octanol–water partition coefficient (Wildman–Crippen LogP) is 9.78. The van der Waals surface area contributed by atoms with Gasteiger partial charge in [0.2, 0.25) is 5.91 Å². The number of hydrogen-bond donors (Lipinski definition) is 6. The maximum atomic E-state index is 13.0. The highest BCUT2D eigenvalue weighted by atomic mass is 16.7. The lowest BCUT2D eigenvalue weighted by Crippen LogP contribution is -2.60. The van der Waals surface area contributed by atoms with Crippen LogP contribution < -0.4 is 5.32 Å². The molecular weight excluding hydrogens is 731 g/mol. The minimum Gasteiger partial charge on any atom is -0.394 e. The van der Waals surface area contributed by atoms with Crippen molar-refractivity contribution in [1.29, 1.82) is 0 Å². The molecule has 1 rings (SSSR count). The summed E-state index contributed by atoms with van der Waals surface area (Å²) in [6.07, 6.45) is 45.1. The predicted molar refractivity (Wildman–Crippen MR) is 239 cm³/mol.